The van der Waals surface area contributed by atoms with Gasteiger partial charge in [0.25, 0.3) is 0 Å². The van der Waals surface area contributed by atoms with Gasteiger partial charge in [-0.15, -0.1) is 6.58 Å². The Morgan fingerprint density at radius 2 is 2.15 bits per heavy atom. The van der Waals surface area contributed by atoms with E-state index < -0.39 is 0 Å². The van der Waals surface area contributed by atoms with Crippen LogP contribution in [0.5, 0.6) is 0 Å². The number of rotatable bonds is 4. The minimum absolute atomic E-state index is 0.0301. The topological polar surface area (TPSA) is 35.5 Å². The van der Waals surface area contributed by atoms with Crippen LogP contribution in [-0.2, 0) is 0 Å². The summed E-state index contributed by atoms with van der Waals surface area (Å²) in [4.78, 5) is 2.36. The van der Waals surface area contributed by atoms with Crippen molar-refractivity contribution in [1.82, 2.24) is 10.2 Å². The van der Waals surface area contributed by atoms with E-state index in [-0.39, 0.29) is 12.1 Å². The first-order valence-corrected chi connectivity index (χ1v) is 4.89. The normalized spacial score (nSPS) is 22.9. The Kier molecular flexibility index (Phi) is 3.90. The van der Waals surface area contributed by atoms with Gasteiger partial charge in [0.15, 0.2) is 0 Å². The summed E-state index contributed by atoms with van der Waals surface area (Å²) in [6.07, 6.45) is 3.98. The van der Waals surface area contributed by atoms with Crippen molar-refractivity contribution in [2.24, 2.45) is 0 Å². The van der Waals surface area contributed by atoms with Gasteiger partial charge in [0.05, 0.1) is 6.61 Å². The van der Waals surface area contributed by atoms with E-state index in [2.05, 4.69) is 16.8 Å². The summed E-state index contributed by atoms with van der Waals surface area (Å²) in [5.74, 6) is 0. The molecule has 0 aromatic rings. The molecule has 13 heavy (non-hydrogen) atoms. The van der Waals surface area contributed by atoms with Crippen LogP contribution in [0.1, 0.15) is 12.8 Å². The van der Waals surface area contributed by atoms with Gasteiger partial charge in [0.1, 0.15) is 0 Å². The van der Waals surface area contributed by atoms with Crippen molar-refractivity contribution >= 4 is 0 Å². The number of aliphatic hydroxyl groups excluding tert-OH is 1. The van der Waals surface area contributed by atoms with Gasteiger partial charge in [-0.1, -0.05) is 6.08 Å². The summed E-state index contributed by atoms with van der Waals surface area (Å²) in [5.41, 5.74) is -0.0301. The Hall–Kier alpha value is -0.380. The van der Waals surface area contributed by atoms with Crippen LogP contribution < -0.4 is 5.32 Å². The lowest BCUT2D eigenvalue weighted by molar-refractivity contribution is 0.0897. The first-order chi connectivity index (χ1) is 6.26. The van der Waals surface area contributed by atoms with Crippen LogP contribution in [0, 0.1) is 0 Å². The highest BCUT2D eigenvalue weighted by molar-refractivity contribution is 4.92. The molecule has 0 aromatic heterocycles. The Balaban J connectivity index is 2.40. The summed E-state index contributed by atoms with van der Waals surface area (Å²) in [6.45, 7) is 7.03. The van der Waals surface area contributed by atoms with Crippen molar-refractivity contribution in [2.75, 3.05) is 33.3 Å². The van der Waals surface area contributed by atoms with Gasteiger partial charge in [-0.2, -0.15) is 0 Å². The van der Waals surface area contributed by atoms with Crippen molar-refractivity contribution in [3.63, 3.8) is 0 Å². The third kappa shape index (κ3) is 2.53. The first kappa shape index (κ1) is 10.7. The van der Waals surface area contributed by atoms with Gasteiger partial charge in [-0.25, -0.2) is 0 Å². The predicted octanol–water partition coefficient (Wildman–Crippen LogP) is 0.219. The average molecular weight is 184 g/mol. The van der Waals surface area contributed by atoms with Crippen LogP contribution in [0.25, 0.3) is 0 Å². The molecule has 0 aliphatic carbocycles. The molecule has 0 aromatic carbocycles. The molecule has 0 bridgehead atoms. The highest BCUT2D eigenvalue weighted by Crippen LogP contribution is 2.20. The van der Waals surface area contributed by atoms with Crippen molar-refractivity contribution in [1.29, 1.82) is 0 Å². The molecule has 1 heterocycles. The largest absolute Gasteiger partial charge is 0.394 e. The van der Waals surface area contributed by atoms with Gasteiger partial charge in [-0.3, -0.25) is 4.90 Å². The van der Waals surface area contributed by atoms with Crippen molar-refractivity contribution < 1.29 is 5.11 Å². The molecule has 3 nitrogen and oxygen atoms in total. The van der Waals surface area contributed by atoms with E-state index in [4.69, 9.17) is 0 Å². The monoisotopic (exact) mass is 184 g/mol. The molecule has 2 N–H and O–H groups in total. The lowest BCUT2D eigenvalue weighted by Gasteiger charge is -2.40. The highest BCUT2D eigenvalue weighted by Gasteiger charge is 2.31. The lowest BCUT2D eigenvalue weighted by Crippen LogP contribution is -2.54. The average Bonchev–Trinajstić information content (AvgIpc) is 2.20. The summed E-state index contributed by atoms with van der Waals surface area (Å²) >= 11 is 0. The van der Waals surface area contributed by atoms with Crippen LogP contribution in [0.4, 0.5) is 0 Å². The minimum atomic E-state index is -0.0301. The maximum absolute atomic E-state index is 9.26. The zero-order valence-corrected chi connectivity index (χ0v) is 8.42. The number of likely N-dealkylation sites (N-methyl/N-ethyl adjacent to an activating group) is 1. The summed E-state index contributed by atoms with van der Waals surface area (Å²) in [7, 11) is 1.93. The van der Waals surface area contributed by atoms with Gasteiger partial charge in [0.2, 0.25) is 0 Å². The fraction of sp³-hybridized carbons (Fsp3) is 0.800. The second kappa shape index (κ2) is 4.74. The Labute approximate surface area is 80.4 Å². The molecule has 1 fully saturated rings. The van der Waals surface area contributed by atoms with Crippen molar-refractivity contribution in [3.05, 3.63) is 12.7 Å². The second-order valence-electron chi connectivity index (χ2n) is 3.78. The van der Waals surface area contributed by atoms with Crippen molar-refractivity contribution in [2.45, 2.75) is 18.4 Å². The number of aliphatic hydroxyl groups is 1. The number of hydrogen-bond donors (Lipinski definition) is 2. The van der Waals surface area contributed by atoms with Crippen LogP contribution in [-0.4, -0.2) is 48.8 Å². The maximum atomic E-state index is 9.26. The van der Waals surface area contributed by atoms with E-state index >= 15 is 0 Å². The molecule has 3 heteroatoms. The minimum Gasteiger partial charge on any atom is -0.394 e. The summed E-state index contributed by atoms with van der Waals surface area (Å²) in [5, 5.41) is 12.5. The highest BCUT2D eigenvalue weighted by atomic mass is 16.3. The SMILES string of the molecule is C=CCN1CCC(CO)(NC)CC1. The van der Waals surface area contributed by atoms with Crippen LogP contribution >= 0.6 is 0 Å². The maximum Gasteiger partial charge on any atom is 0.0614 e. The molecule has 0 saturated carbocycles. The standard InChI is InChI=1S/C10H20N2O/c1-3-6-12-7-4-10(9-13,11-2)5-8-12/h3,11,13H,1,4-9H2,2H3. The molecular weight excluding hydrogens is 164 g/mol. The van der Waals surface area contributed by atoms with E-state index in [9.17, 15) is 5.11 Å². The zero-order chi connectivity index (χ0) is 9.73. The Bertz CT molecular complexity index is 156. The van der Waals surface area contributed by atoms with E-state index in [1.165, 1.54) is 0 Å². The van der Waals surface area contributed by atoms with Crippen LogP contribution in [0.3, 0.4) is 0 Å². The van der Waals surface area contributed by atoms with Gasteiger partial charge in [0, 0.05) is 25.2 Å². The van der Waals surface area contributed by atoms with Crippen molar-refractivity contribution in [3.8, 4) is 0 Å². The summed E-state index contributed by atoms with van der Waals surface area (Å²) < 4.78 is 0. The molecule has 0 amide bonds. The Morgan fingerprint density at radius 3 is 2.54 bits per heavy atom. The number of likely N-dealkylation sites (tertiary alicyclic amines) is 1. The number of piperidine rings is 1. The van der Waals surface area contributed by atoms with Crippen LogP contribution in [0.15, 0.2) is 12.7 Å². The van der Waals surface area contributed by atoms with Gasteiger partial charge < -0.3 is 10.4 Å². The number of nitrogens with zero attached hydrogens (tertiary/aromatic N) is 1. The molecule has 1 saturated heterocycles. The molecular formula is C10H20N2O. The smallest absolute Gasteiger partial charge is 0.0614 e. The second-order valence-corrected chi connectivity index (χ2v) is 3.78. The van der Waals surface area contributed by atoms with E-state index in [1.54, 1.807) is 0 Å². The molecule has 1 aliphatic rings. The number of nitrogens with one attached hydrogen (secondary N) is 1. The predicted molar refractivity (Wildman–Crippen MR) is 54.7 cm³/mol. The summed E-state index contributed by atoms with van der Waals surface area (Å²) in [6, 6.07) is 0. The molecule has 0 atom stereocenters. The van der Waals surface area contributed by atoms with Gasteiger partial charge in [-0.05, 0) is 19.9 Å². The lowest BCUT2D eigenvalue weighted by atomic mass is 9.88. The Morgan fingerprint density at radius 1 is 1.54 bits per heavy atom. The quantitative estimate of drug-likeness (QED) is 0.613. The van der Waals surface area contributed by atoms with E-state index in [0.29, 0.717) is 0 Å². The molecule has 0 radical (unpaired) electrons. The molecule has 1 aliphatic heterocycles. The third-order valence-electron chi connectivity index (χ3n) is 3.03. The van der Waals surface area contributed by atoms with Crippen LogP contribution in [0.2, 0.25) is 0 Å². The number of hydrogen-bond acceptors (Lipinski definition) is 3. The zero-order valence-electron chi connectivity index (χ0n) is 8.42. The van der Waals surface area contributed by atoms with E-state index in [1.807, 2.05) is 13.1 Å². The molecule has 1 rings (SSSR count). The fourth-order valence-corrected chi connectivity index (χ4v) is 1.83. The van der Waals surface area contributed by atoms with Gasteiger partial charge >= 0.3 is 0 Å². The van der Waals surface area contributed by atoms with E-state index in [0.717, 1.165) is 32.5 Å². The molecule has 76 valence electrons. The first-order valence-electron chi connectivity index (χ1n) is 4.89. The third-order valence-corrected chi connectivity index (χ3v) is 3.03. The fourth-order valence-electron chi connectivity index (χ4n) is 1.83. The molecule has 0 spiro atoms. The molecule has 0 unspecified atom stereocenters.